The smallest absolute Gasteiger partial charge is 0.237 e. The summed E-state index contributed by atoms with van der Waals surface area (Å²) in [7, 11) is 1.87. The van der Waals surface area contributed by atoms with Crippen LogP contribution in [0.2, 0.25) is 10.0 Å². The van der Waals surface area contributed by atoms with E-state index in [-0.39, 0.29) is 11.2 Å². The Balaban J connectivity index is 1.70. The monoisotopic (exact) mass is 406 g/mol. The van der Waals surface area contributed by atoms with Crippen molar-refractivity contribution in [3.05, 3.63) is 58.6 Å². The molecular formula is C18H16Cl2N4OS. The van der Waals surface area contributed by atoms with Crippen molar-refractivity contribution in [2.24, 2.45) is 7.05 Å². The van der Waals surface area contributed by atoms with E-state index in [4.69, 9.17) is 23.2 Å². The van der Waals surface area contributed by atoms with E-state index in [1.54, 1.807) is 36.4 Å². The molecule has 134 valence electrons. The molecule has 1 heterocycles. The third-order valence-corrected chi connectivity index (χ3v) is 5.30. The van der Waals surface area contributed by atoms with E-state index >= 15 is 0 Å². The van der Waals surface area contributed by atoms with E-state index < -0.39 is 0 Å². The summed E-state index contributed by atoms with van der Waals surface area (Å²) in [4.78, 5) is 12.4. The van der Waals surface area contributed by atoms with Crippen molar-refractivity contribution < 1.29 is 4.79 Å². The fourth-order valence-corrected chi connectivity index (χ4v) is 3.42. The highest BCUT2D eigenvalue weighted by molar-refractivity contribution is 8.00. The molecule has 8 heteroatoms. The van der Waals surface area contributed by atoms with E-state index in [2.05, 4.69) is 15.5 Å². The second kappa shape index (κ2) is 8.12. The summed E-state index contributed by atoms with van der Waals surface area (Å²) in [5.41, 5.74) is 1.57. The quantitative estimate of drug-likeness (QED) is 0.611. The number of nitrogens with one attached hydrogen (secondary N) is 1. The van der Waals surface area contributed by atoms with Gasteiger partial charge in [-0.15, -0.1) is 10.2 Å². The van der Waals surface area contributed by atoms with Gasteiger partial charge in [-0.05, 0) is 49.4 Å². The van der Waals surface area contributed by atoms with Gasteiger partial charge in [0, 0.05) is 28.3 Å². The molecule has 1 N–H and O–H groups in total. The van der Waals surface area contributed by atoms with Gasteiger partial charge in [0.2, 0.25) is 5.91 Å². The first-order valence-corrected chi connectivity index (χ1v) is 9.46. The molecule has 0 aliphatic carbocycles. The fraction of sp³-hybridized carbons (Fsp3) is 0.167. The van der Waals surface area contributed by atoms with Gasteiger partial charge in [-0.3, -0.25) is 4.79 Å². The molecule has 1 aromatic heterocycles. The first-order chi connectivity index (χ1) is 12.4. The number of carbonyl (C=O) groups is 1. The number of rotatable bonds is 5. The first-order valence-electron chi connectivity index (χ1n) is 7.82. The average molecular weight is 407 g/mol. The second-order valence-electron chi connectivity index (χ2n) is 5.63. The number of hydrogen-bond donors (Lipinski definition) is 1. The number of halogens is 2. The summed E-state index contributed by atoms with van der Waals surface area (Å²) in [5.74, 6) is 0.583. The molecule has 0 aliphatic rings. The second-order valence-corrected chi connectivity index (χ2v) is 7.81. The summed E-state index contributed by atoms with van der Waals surface area (Å²) >= 11 is 13.2. The minimum absolute atomic E-state index is 0.131. The van der Waals surface area contributed by atoms with Crippen LogP contribution >= 0.6 is 35.0 Å². The Kier molecular flexibility index (Phi) is 5.86. The number of aromatic nitrogens is 3. The molecule has 3 aromatic rings. The molecule has 0 spiro atoms. The number of hydrogen-bond acceptors (Lipinski definition) is 4. The van der Waals surface area contributed by atoms with Gasteiger partial charge in [0.05, 0.1) is 5.25 Å². The number of thioether (sulfide) groups is 1. The standard InChI is InChI=1S/C18H16Cl2N4OS/c1-11(17(25)21-15-5-3-4-14(20)10-15)26-18-23-22-16(24(18)2)12-6-8-13(19)9-7-12/h3-11H,1-2H3,(H,21,25). The van der Waals surface area contributed by atoms with Gasteiger partial charge in [-0.25, -0.2) is 0 Å². The Morgan fingerprint density at radius 2 is 1.85 bits per heavy atom. The van der Waals surface area contributed by atoms with Gasteiger partial charge in [0.1, 0.15) is 0 Å². The number of benzene rings is 2. The molecule has 3 rings (SSSR count). The molecule has 0 fully saturated rings. The van der Waals surface area contributed by atoms with Crippen LogP contribution in [-0.2, 0) is 11.8 Å². The van der Waals surface area contributed by atoms with Crippen LogP contribution in [0.25, 0.3) is 11.4 Å². The Labute approximate surface area is 165 Å². The van der Waals surface area contributed by atoms with Crippen LogP contribution in [0, 0.1) is 0 Å². The SMILES string of the molecule is CC(Sc1nnc(-c2ccc(Cl)cc2)n1C)C(=O)Nc1cccc(Cl)c1. The van der Waals surface area contributed by atoms with E-state index in [0.29, 0.717) is 26.7 Å². The Bertz CT molecular complexity index is 927. The Hall–Kier alpha value is -2.02. The molecule has 0 saturated heterocycles. The average Bonchev–Trinajstić information content (AvgIpc) is 2.96. The molecule has 0 bridgehead atoms. The van der Waals surface area contributed by atoms with Crippen molar-refractivity contribution >= 4 is 46.6 Å². The van der Waals surface area contributed by atoms with Crippen LogP contribution in [-0.4, -0.2) is 25.9 Å². The summed E-state index contributed by atoms with van der Waals surface area (Å²) in [6.07, 6.45) is 0. The topological polar surface area (TPSA) is 59.8 Å². The molecule has 1 amide bonds. The number of nitrogens with zero attached hydrogens (tertiary/aromatic N) is 3. The molecule has 0 saturated carbocycles. The first kappa shape index (κ1) is 18.8. The summed E-state index contributed by atoms with van der Waals surface area (Å²) < 4.78 is 1.86. The maximum absolute atomic E-state index is 12.4. The lowest BCUT2D eigenvalue weighted by molar-refractivity contribution is -0.115. The third-order valence-electron chi connectivity index (χ3n) is 3.68. The van der Waals surface area contributed by atoms with Gasteiger partial charge < -0.3 is 9.88 Å². The van der Waals surface area contributed by atoms with Crippen LogP contribution in [0.1, 0.15) is 6.92 Å². The van der Waals surface area contributed by atoms with E-state index in [1.807, 2.05) is 30.7 Å². The third kappa shape index (κ3) is 4.38. The van der Waals surface area contributed by atoms with Crippen LogP contribution in [0.3, 0.4) is 0 Å². The van der Waals surface area contributed by atoms with Crippen molar-refractivity contribution in [3.63, 3.8) is 0 Å². The van der Waals surface area contributed by atoms with Crippen LogP contribution in [0.5, 0.6) is 0 Å². The lowest BCUT2D eigenvalue weighted by atomic mass is 10.2. The van der Waals surface area contributed by atoms with E-state index in [9.17, 15) is 4.79 Å². The van der Waals surface area contributed by atoms with Crippen molar-refractivity contribution in [2.45, 2.75) is 17.3 Å². The highest BCUT2D eigenvalue weighted by Gasteiger charge is 2.19. The number of anilines is 1. The predicted octanol–water partition coefficient (Wildman–Crippen LogP) is 4.91. The van der Waals surface area contributed by atoms with Crippen molar-refractivity contribution in [2.75, 3.05) is 5.32 Å². The molecule has 26 heavy (non-hydrogen) atoms. The molecule has 2 aromatic carbocycles. The molecule has 0 radical (unpaired) electrons. The molecule has 1 unspecified atom stereocenters. The largest absolute Gasteiger partial charge is 0.325 e. The van der Waals surface area contributed by atoms with Crippen molar-refractivity contribution in [1.29, 1.82) is 0 Å². The zero-order chi connectivity index (χ0) is 18.7. The van der Waals surface area contributed by atoms with Crippen LogP contribution in [0.4, 0.5) is 5.69 Å². The Morgan fingerprint density at radius 3 is 2.54 bits per heavy atom. The maximum atomic E-state index is 12.4. The zero-order valence-electron chi connectivity index (χ0n) is 14.1. The van der Waals surface area contributed by atoms with Gasteiger partial charge in [0.15, 0.2) is 11.0 Å². The minimum atomic E-state index is -0.352. The maximum Gasteiger partial charge on any atom is 0.237 e. The van der Waals surface area contributed by atoms with Gasteiger partial charge in [-0.2, -0.15) is 0 Å². The predicted molar refractivity (Wildman–Crippen MR) is 107 cm³/mol. The molecule has 5 nitrogen and oxygen atoms in total. The van der Waals surface area contributed by atoms with Crippen LogP contribution < -0.4 is 5.32 Å². The highest BCUT2D eigenvalue weighted by Crippen LogP contribution is 2.27. The summed E-state index contributed by atoms with van der Waals surface area (Å²) in [5, 5.41) is 12.8. The lowest BCUT2D eigenvalue weighted by Crippen LogP contribution is -2.22. The van der Waals surface area contributed by atoms with Gasteiger partial charge in [-0.1, -0.05) is 41.0 Å². The highest BCUT2D eigenvalue weighted by atomic mass is 35.5. The van der Waals surface area contributed by atoms with E-state index in [0.717, 1.165) is 5.56 Å². The number of carbonyl (C=O) groups excluding carboxylic acids is 1. The molecule has 1 atom stereocenters. The van der Waals surface area contributed by atoms with Crippen molar-refractivity contribution in [1.82, 2.24) is 14.8 Å². The van der Waals surface area contributed by atoms with Gasteiger partial charge >= 0.3 is 0 Å². The molecule has 0 aliphatic heterocycles. The normalized spacial score (nSPS) is 12.0. The van der Waals surface area contributed by atoms with E-state index in [1.165, 1.54) is 11.8 Å². The minimum Gasteiger partial charge on any atom is -0.325 e. The van der Waals surface area contributed by atoms with Crippen LogP contribution in [0.15, 0.2) is 53.7 Å². The molecular weight excluding hydrogens is 391 g/mol. The number of amides is 1. The Morgan fingerprint density at radius 1 is 1.12 bits per heavy atom. The summed E-state index contributed by atoms with van der Waals surface area (Å²) in [6.45, 7) is 1.82. The van der Waals surface area contributed by atoms with Gasteiger partial charge in [0.25, 0.3) is 0 Å². The zero-order valence-corrected chi connectivity index (χ0v) is 16.4. The lowest BCUT2D eigenvalue weighted by Gasteiger charge is -2.12. The fourth-order valence-electron chi connectivity index (χ4n) is 2.29. The van der Waals surface area contributed by atoms with Crippen molar-refractivity contribution in [3.8, 4) is 11.4 Å². The summed E-state index contributed by atoms with van der Waals surface area (Å²) in [6, 6.07) is 14.4.